The monoisotopic (exact) mass is 229 g/mol. The first kappa shape index (κ1) is 15.9. The highest BCUT2D eigenvalue weighted by molar-refractivity contribution is 4.91. The summed E-state index contributed by atoms with van der Waals surface area (Å²) >= 11 is 0. The summed E-state index contributed by atoms with van der Waals surface area (Å²) in [7, 11) is 3.91. The Labute approximate surface area is 102 Å². The summed E-state index contributed by atoms with van der Waals surface area (Å²) in [4.78, 5) is 0. The summed E-state index contributed by atoms with van der Waals surface area (Å²) in [5, 5.41) is 3.46. The van der Waals surface area contributed by atoms with Crippen molar-refractivity contribution < 1.29 is 4.74 Å². The normalized spacial score (nSPS) is 16.1. The molecule has 98 valence electrons. The van der Waals surface area contributed by atoms with Crippen LogP contribution in [0.5, 0.6) is 0 Å². The van der Waals surface area contributed by atoms with E-state index in [1.165, 1.54) is 19.3 Å². The fraction of sp³-hybridized carbons (Fsp3) is 1.00. The van der Waals surface area contributed by atoms with Gasteiger partial charge in [0.15, 0.2) is 0 Å². The van der Waals surface area contributed by atoms with Gasteiger partial charge in [-0.15, -0.1) is 0 Å². The summed E-state index contributed by atoms with van der Waals surface area (Å²) in [5.74, 6) is 0.773. The highest BCUT2D eigenvalue weighted by atomic mass is 16.5. The van der Waals surface area contributed by atoms with Gasteiger partial charge in [-0.25, -0.2) is 0 Å². The van der Waals surface area contributed by atoms with E-state index in [4.69, 9.17) is 4.74 Å². The number of hydrogen-bond acceptors (Lipinski definition) is 2. The molecular formula is C14H31NO. The number of methoxy groups -OCH3 is 1. The van der Waals surface area contributed by atoms with E-state index in [-0.39, 0.29) is 5.60 Å². The maximum atomic E-state index is 5.81. The van der Waals surface area contributed by atoms with Gasteiger partial charge in [0.2, 0.25) is 0 Å². The predicted molar refractivity (Wildman–Crippen MR) is 71.9 cm³/mol. The molecule has 0 rings (SSSR count). The molecule has 1 N–H and O–H groups in total. The number of rotatable bonds is 9. The lowest BCUT2D eigenvalue weighted by Crippen LogP contribution is -2.51. The van der Waals surface area contributed by atoms with Crippen LogP contribution in [0, 0.1) is 5.92 Å². The SMILES string of the molecule is CCCC(C)CC(NC)C(CC)(CC)OC. The van der Waals surface area contributed by atoms with E-state index in [2.05, 4.69) is 40.1 Å². The fourth-order valence-electron chi connectivity index (χ4n) is 2.78. The van der Waals surface area contributed by atoms with Crippen LogP contribution in [-0.2, 0) is 4.74 Å². The third kappa shape index (κ3) is 4.06. The smallest absolute Gasteiger partial charge is 0.0825 e. The molecule has 0 bridgehead atoms. The second-order valence-corrected chi connectivity index (χ2v) is 4.95. The van der Waals surface area contributed by atoms with Gasteiger partial charge in [0, 0.05) is 13.2 Å². The lowest BCUT2D eigenvalue weighted by Gasteiger charge is -2.39. The third-order valence-electron chi connectivity index (χ3n) is 4.01. The standard InChI is InChI=1S/C14H31NO/c1-7-10-12(4)11-13(15-5)14(8-2,9-3)16-6/h12-13,15H,7-11H2,1-6H3. The molecule has 0 aromatic heterocycles. The zero-order valence-corrected chi connectivity index (χ0v) is 12.1. The van der Waals surface area contributed by atoms with Crippen molar-refractivity contribution in [1.29, 1.82) is 0 Å². The number of nitrogens with one attached hydrogen (secondary N) is 1. The van der Waals surface area contributed by atoms with Crippen LogP contribution in [-0.4, -0.2) is 25.8 Å². The molecule has 0 saturated carbocycles. The number of hydrogen-bond donors (Lipinski definition) is 1. The van der Waals surface area contributed by atoms with Crippen LogP contribution in [0.25, 0.3) is 0 Å². The van der Waals surface area contributed by atoms with Crippen molar-refractivity contribution in [1.82, 2.24) is 5.32 Å². The minimum atomic E-state index is 0.0107. The molecule has 0 aromatic rings. The molecule has 0 aliphatic carbocycles. The molecular weight excluding hydrogens is 198 g/mol. The lowest BCUT2D eigenvalue weighted by atomic mass is 9.82. The van der Waals surface area contributed by atoms with E-state index in [1.807, 2.05) is 7.11 Å². The van der Waals surface area contributed by atoms with Crippen LogP contribution in [0.3, 0.4) is 0 Å². The Morgan fingerprint density at radius 2 is 1.75 bits per heavy atom. The molecule has 2 heteroatoms. The highest BCUT2D eigenvalue weighted by Gasteiger charge is 2.35. The number of ether oxygens (including phenoxy) is 1. The Balaban J connectivity index is 4.54. The Bertz CT molecular complexity index is 158. The molecule has 0 aromatic carbocycles. The largest absolute Gasteiger partial charge is 0.377 e. The third-order valence-corrected chi connectivity index (χ3v) is 4.01. The van der Waals surface area contributed by atoms with E-state index in [9.17, 15) is 0 Å². The van der Waals surface area contributed by atoms with Gasteiger partial charge in [-0.2, -0.15) is 0 Å². The summed E-state index contributed by atoms with van der Waals surface area (Å²) in [6.07, 6.45) is 5.94. The van der Waals surface area contributed by atoms with Crippen LogP contribution < -0.4 is 5.32 Å². The van der Waals surface area contributed by atoms with Crippen molar-refractivity contribution in [3.8, 4) is 0 Å². The van der Waals surface area contributed by atoms with E-state index in [1.54, 1.807) is 0 Å². The summed E-state index contributed by atoms with van der Waals surface area (Å²) < 4.78 is 5.81. The van der Waals surface area contributed by atoms with Crippen molar-refractivity contribution in [2.24, 2.45) is 5.92 Å². The summed E-state index contributed by atoms with van der Waals surface area (Å²) in [5.41, 5.74) is 0.0107. The van der Waals surface area contributed by atoms with Crippen molar-refractivity contribution in [2.75, 3.05) is 14.2 Å². The molecule has 0 spiro atoms. The number of likely N-dealkylation sites (N-methyl/N-ethyl adjacent to an activating group) is 1. The van der Waals surface area contributed by atoms with E-state index in [0.29, 0.717) is 6.04 Å². The minimum Gasteiger partial charge on any atom is -0.377 e. The molecule has 0 aliphatic heterocycles. The molecule has 0 amide bonds. The molecule has 0 aliphatic rings. The molecule has 2 unspecified atom stereocenters. The van der Waals surface area contributed by atoms with Gasteiger partial charge >= 0.3 is 0 Å². The van der Waals surface area contributed by atoms with Crippen molar-refractivity contribution in [2.45, 2.75) is 71.4 Å². The van der Waals surface area contributed by atoms with Gasteiger partial charge < -0.3 is 10.1 Å². The second kappa shape index (κ2) is 8.08. The van der Waals surface area contributed by atoms with Crippen molar-refractivity contribution in [3.63, 3.8) is 0 Å². The Kier molecular flexibility index (Phi) is 8.04. The molecule has 0 heterocycles. The van der Waals surface area contributed by atoms with Gasteiger partial charge in [-0.1, -0.05) is 40.5 Å². The molecule has 0 saturated heterocycles. The average Bonchev–Trinajstić information content (AvgIpc) is 2.30. The fourth-order valence-corrected chi connectivity index (χ4v) is 2.78. The van der Waals surface area contributed by atoms with E-state index >= 15 is 0 Å². The maximum absolute atomic E-state index is 5.81. The van der Waals surface area contributed by atoms with Crippen LogP contribution in [0.15, 0.2) is 0 Å². The average molecular weight is 229 g/mol. The summed E-state index contributed by atoms with van der Waals surface area (Å²) in [6, 6.07) is 0.467. The van der Waals surface area contributed by atoms with Crippen LogP contribution in [0.1, 0.15) is 59.8 Å². The van der Waals surface area contributed by atoms with Crippen LogP contribution in [0.4, 0.5) is 0 Å². The Morgan fingerprint density at radius 3 is 2.06 bits per heavy atom. The van der Waals surface area contributed by atoms with Gasteiger partial charge in [0.25, 0.3) is 0 Å². The van der Waals surface area contributed by atoms with E-state index < -0.39 is 0 Å². The van der Waals surface area contributed by atoms with Gasteiger partial charge in [-0.05, 0) is 32.2 Å². The second-order valence-electron chi connectivity index (χ2n) is 4.95. The Hall–Kier alpha value is -0.0800. The zero-order chi connectivity index (χ0) is 12.6. The highest BCUT2D eigenvalue weighted by Crippen LogP contribution is 2.29. The Morgan fingerprint density at radius 1 is 1.19 bits per heavy atom. The van der Waals surface area contributed by atoms with Gasteiger partial charge in [-0.3, -0.25) is 0 Å². The maximum Gasteiger partial charge on any atom is 0.0825 e. The molecule has 2 atom stereocenters. The first-order valence-corrected chi connectivity index (χ1v) is 6.82. The first-order valence-electron chi connectivity index (χ1n) is 6.82. The predicted octanol–water partition coefficient (Wildman–Crippen LogP) is 3.61. The first-order chi connectivity index (χ1) is 7.60. The topological polar surface area (TPSA) is 21.3 Å². The summed E-state index contributed by atoms with van der Waals surface area (Å²) in [6.45, 7) is 9.05. The van der Waals surface area contributed by atoms with Crippen molar-refractivity contribution >= 4 is 0 Å². The molecule has 2 nitrogen and oxygen atoms in total. The minimum absolute atomic E-state index is 0.0107. The molecule has 16 heavy (non-hydrogen) atoms. The van der Waals surface area contributed by atoms with Gasteiger partial charge in [0.1, 0.15) is 0 Å². The zero-order valence-electron chi connectivity index (χ0n) is 12.1. The quantitative estimate of drug-likeness (QED) is 0.652. The van der Waals surface area contributed by atoms with Crippen LogP contribution in [0.2, 0.25) is 0 Å². The van der Waals surface area contributed by atoms with Crippen molar-refractivity contribution in [3.05, 3.63) is 0 Å². The van der Waals surface area contributed by atoms with Crippen LogP contribution >= 0.6 is 0 Å². The molecule has 0 fully saturated rings. The van der Waals surface area contributed by atoms with Gasteiger partial charge in [0.05, 0.1) is 5.60 Å². The molecule has 0 radical (unpaired) electrons. The van der Waals surface area contributed by atoms with E-state index in [0.717, 1.165) is 18.8 Å². The lowest BCUT2D eigenvalue weighted by molar-refractivity contribution is -0.0509.